The molecule has 0 spiro atoms. The van der Waals surface area contributed by atoms with E-state index >= 15 is 0 Å². The maximum atomic E-state index is 11.4. The molecule has 0 heterocycles. The van der Waals surface area contributed by atoms with Crippen molar-refractivity contribution in [1.82, 2.24) is 5.32 Å². The lowest BCUT2D eigenvalue weighted by molar-refractivity contribution is -0.117. The lowest BCUT2D eigenvalue weighted by Crippen LogP contribution is -2.28. The van der Waals surface area contributed by atoms with Gasteiger partial charge in [-0.25, -0.2) is 0 Å². The minimum Gasteiger partial charge on any atom is -0.348 e. The van der Waals surface area contributed by atoms with E-state index in [0.29, 0.717) is 5.56 Å². The van der Waals surface area contributed by atoms with Crippen LogP contribution >= 0.6 is 0 Å². The number of carbonyl (C=O) groups is 2. The molecule has 1 N–H and O–H groups in total. The fourth-order valence-electron chi connectivity index (χ4n) is 0.996. The highest BCUT2D eigenvalue weighted by Gasteiger charge is 2.05. The van der Waals surface area contributed by atoms with Gasteiger partial charge >= 0.3 is 0 Å². The summed E-state index contributed by atoms with van der Waals surface area (Å²) in [6, 6.07) is 8.88. The quantitative estimate of drug-likeness (QED) is 0.725. The third kappa shape index (κ3) is 3.01. The molecule has 1 radical (unpaired) electrons. The standard InChI is InChI=1S/C11H12NO2/c1-2-11(14)12-8-10(13)9-6-4-3-5-7-9/h2-7H,8H2,1H3,(H,12,14). The average molecular weight is 190 g/mol. The van der Waals surface area contributed by atoms with E-state index in [2.05, 4.69) is 5.32 Å². The van der Waals surface area contributed by atoms with Crippen LogP contribution in [0.1, 0.15) is 17.3 Å². The SMILES string of the molecule is C[CH]C(=O)NCC(=O)c1ccccc1. The minimum atomic E-state index is -0.228. The zero-order valence-electron chi connectivity index (χ0n) is 7.99. The zero-order valence-corrected chi connectivity index (χ0v) is 7.99. The molecule has 0 fully saturated rings. The van der Waals surface area contributed by atoms with Crippen LogP contribution in [-0.2, 0) is 4.79 Å². The lowest BCUT2D eigenvalue weighted by atomic mass is 10.1. The van der Waals surface area contributed by atoms with Crippen molar-refractivity contribution >= 4 is 11.7 Å². The Bertz CT molecular complexity index is 319. The third-order valence-corrected chi connectivity index (χ3v) is 1.78. The second-order valence-corrected chi connectivity index (χ2v) is 2.80. The normalized spacial score (nSPS) is 9.50. The number of hydrogen-bond donors (Lipinski definition) is 1. The van der Waals surface area contributed by atoms with Crippen LogP contribution < -0.4 is 5.32 Å². The number of hydrogen-bond acceptors (Lipinski definition) is 2. The van der Waals surface area contributed by atoms with E-state index in [-0.39, 0.29) is 18.2 Å². The predicted molar refractivity (Wildman–Crippen MR) is 53.8 cm³/mol. The Balaban J connectivity index is 2.48. The molecule has 3 nitrogen and oxygen atoms in total. The van der Waals surface area contributed by atoms with Crippen molar-refractivity contribution in [3.63, 3.8) is 0 Å². The first-order valence-corrected chi connectivity index (χ1v) is 4.39. The first-order valence-electron chi connectivity index (χ1n) is 4.39. The molecular formula is C11H12NO2. The van der Waals surface area contributed by atoms with Gasteiger partial charge in [0.2, 0.25) is 5.91 Å². The molecule has 0 aliphatic carbocycles. The van der Waals surface area contributed by atoms with Gasteiger partial charge in [-0.05, 0) is 0 Å². The van der Waals surface area contributed by atoms with E-state index < -0.39 is 0 Å². The van der Waals surface area contributed by atoms with Gasteiger partial charge in [-0.3, -0.25) is 9.59 Å². The second kappa shape index (κ2) is 5.17. The number of carbonyl (C=O) groups excluding carboxylic acids is 2. The fourth-order valence-corrected chi connectivity index (χ4v) is 0.996. The summed E-state index contributed by atoms with van der Waals surface area (Å²) in [5.74, 6) is -0.310. The molecule has 0 bridgehead atoms. The number of nitrogens with one attached hydrogen (secondary N) is 1. The van der Waals surface area contributed by atoms with E-state index in [1.165, 1.54) is 6.42 Å². The fraction of sp³-hybridized carbons (Fsp3) is 0.182. The van der Waals surface area contributed by atoms with Gasteiger partial charge in [0.05, 0.1) is 6.54 Å². The van der Waals surface area contributed by atoms with Gasteiger partial charge in [0.15, 0.2) is 5.78 Å². The largest absolute Gasteiger partial charge is 0.348 e. The van der Waals surface area contributed by atoms with Crippen LogP contribution in [0, 0.1) is 6.42 Å². The third-order valence-electron chi connectivity index (χ3n) is 1.78. The summed E-state index contributed by atoms with van der Waals surface area (Å²) >= 11 is 0. The first kappa shape index (κ1) is 10.4. The average Bonchev–Trinajstić information content (AvgIpc) is 2.26. The van der Waals surface area contributed by atoms with Crippen LogP contribution in [-0.4, -0.2) is 18.2 Å². The minimum absolute atomic E-state index is 0.0488. The molecule has 1 aromatic rings. The Morgan fingerprint density at radius 1 is 1.29 bits per heavy atom. The van der Waals surface area contributed by atoms with E-state index in [1.807, 2.05) is 6.07 Å². The van der Waals surface area contributed by atoms with Gasteiger partial charge in [0, 0.05) is 12.0 Å². The predicted octanol–water partition coefficient (Wildman–Crippen LogP) is 1.21. The summed E-state index contributed by atoms with van der Waals surface area (Å²) in [6.07, 6.45) is 1.39. The van der Waals surface area contributed by atoms with Crippen LogP contribution in [0.5, 0.6) is 0 Å². The van der Waals surface area contributed by atoms with Gasteiger partial charge in [-0.1, -0.05) is 37.3 Å². The molecule has 1 amide bonds. The van der Waals surface area contributed by atoms with Crippen molar-refractivity contribution in [3.8, 4) is 0 Å². The number of amides is 1. The maximum Gasteiger partial charge on any atom is 0.224 e. The van der Waals surface area contributed by atoms with Crippen molar-refractivity contribution < 1.29 is 9.59 Å². The number of benzene rings is 1. The summed E-state index contributed by atoms with van der Waals surface area (Å²) in [5, 5.41) is 2.49. The van der Waals surface area contributed by atoms with Crippen molar-refractivity contribution in [2.24, 2.45) is 0 Å². The Hall–Kier alpha value is -1.64. The summed E-state index contributed by atoms with van der Waals surface area (Å²) in [4.78, 5) is 22.3. The Kier molecular flexibility index (Phi) is 3.85. The van der Waals surface area contributed by atoms with Gasteiger partial charge in [0.1, 0.15) is 0 Å². The molecule has 0 unspecified atom stereocenters. The second-order valence-electron chi connectivity index (χ2n) is 2.80. The molecule has 14 heavy (non-hydrogen) atoms. The molecular weight excluding hydrogens is 178 g/mol. The molecule has 0 saturated carbocycles. The van der Waals surface area contributed by atoms with Crippen LogP contribution in [0.15, 0.2) is 30.3 Å². The zero-order chi connectivity index (χ0) is 10.4. The van der Waals surface area contributed by atoms with Gasteiger partial charge in [-0.15, -0.1) is 0 Å². The van der Waals surface area contributed by atoms with E-state index in [1.54, 1.807) is 31.2 Å². The molecule has 0 aliphatic heterocycles. The highest BCUT2D eigenvalue weighted by atomic mass is 16.2. The van der Waals surface area contributed by atoms with Crippen molar-refractivity contribution in [2.45, 2.75) is 6.92 Å². The Morgan fingerprint density at radius 3 is 2.50 bits per heavy atom. The van der Waals surface area contributed by atoms with Gasteiger partial charge in [-0.2, -0.15) is 0 Å². The highest BCUT2D eigenvalue weighted by Crippen LogP contribution is 1.98. The summed E-state index contributed by atoms with van der Waals surface area (Å²) in [7, 11) is 0. The molecule has 0 atom stereocenters. The number of ketones is 1. The summed E-state index contributed by atoms with van der Waals surface area (Å²) in [5.41, 5.74) is 0.615. The number of rotatable bonds is 4. The van der Waals surface area contributed by atoms with E-state index in [9.17, 15) is 9.59 Å². The molecule has 1 rings (SSSR count). The van der Waals surface area contributed by atoms with Crippen molar-refractivity contribution in [1.29, 1.82) is 0 Å². The van der Waals surface area contributed by atoms with Crippen LogP contribution in [0.25, 0.3) is 0 Å². The Labute approximate surface area is 83.1 Å². The van der Waals surface area contributed by atoms with E-state index in [4.69, 9.17) is 0 Å². The first-order chi connectivity index (χ1) is 6.74. The van der Waals surface area contributed by atoms with Crippen molar-refractivity contribution in [2.75, 3.05) is 6.54 Å². The van der Waals surface area contributed by atoms with E-state index in [0.717, 1.165) is 0 Å². The molecule has 73 valence electrons. The molecule has 0 aliphatic rings. The number of Topliss-reactive ketones (excluding diaryl/α,β-unsaturated/α-hetero) is 1. The van der Waals surface area contributed by atoms with Gasteiger partial charge < -0.3 is 5.32 Å². The van der Waals surface area contributed by atoms with Crippen LogP contribution in [0.3, 0.4) is 0 Å². The van der Waals surface area contributed by atoms with Gasteiger partial charge in [0.25, 0.3) is 0 Å². The smallest absolute Gasteiger partial charge is 0.224 e. The molecule has 0 saturated heterocycles. The maximum absolute atomic E-state index is 11.4. The van der Waals surface area contributed by atoms with Crippen LogP contribution in [0.2, 0.25) is 0 Å². The lowest BCUT2D eigenvalue weighted by Gasteiger charge is -2.02. The summed E-state index contributed by atoms with van der Waals surface area (Å²) < 4.78 is 0. The topological polar surface area (TPSA) is 46.2 Å². The monoisotopic (exact) mass is 190 g/mol. The Morgan fingerprint density at radius 2 is 1.93 bits per heavy atom. The van der Waals surface area contributed by atoms with Crippen LogP contribution in [0.4, 0.5) is 0 Å². The molecule has 1 aromatic carbocycles. The summed E-state index contributed by atoms with van der Waals surface area (Å²) in [6.45, 7) is 1.68. The highest BCUT2D eigenvalue weighted by molar-refractivity contribution is 5.99. The molecule has 0 aromatic heterocycles. The molecule has 3 heteroatoms. The van der Waals surface area contributed by atoms with Crippen molar-refractivity contribution in [3.05, 3.63) is 42.3 Å².